The van der Waals surface area contributed by atoms with Crippen LogP contribution in [0.4, 0.5) is 5.69 Å². The smallest absolute Gasteiger partial charge is 0.270 e. The van der Waals surface area contributed by atoms with E-state index in [9.17, 15) is 4.79 Å². The molecule has 0 aliphatic carbocycles. The van der Waals surface area contributed by atoms with Crippen LogP contribution in [0.5, 0.6) is 0 Å². The van der Waals surface area contributed by atoms with E-state index in [0.717, 1.165) is 49.7 Å². The molecular weight excluding hydrogens is 350 g/mol. The van der Waals surface area contributed by atoms with Crippen molar-refractivity contribution >= 4 is 11.6 Å². The molecule has 1 amide bonds. The van der Waals surface area contributed by atoms with Crippen molar-refractivity contribution in [2.75, 3.05) is 18.0 Å². The second kappa shape index (κ2) is 8.74. The summed E-state index contributed by atoms with van der Waals surface area (Å²) in [6, 6.07) is 18.2. The number of nitrogens with zero attached hydrogens (tertiary/aromatic N) is 2. The normalized spacial score (nSPS) is 14.8. The molecule has 0 saturated carbocycles. The number of carbonyl (C=O) groups is 1. The molecule has 144 valence electrons. The maximum atomic E-state index is 12.4. The molecule has 0 unspecified atom stereocenters. The van der Waals surface area contributed by atoms with Gasteiger partial charge in [0.1, 0.15) is 11.5 Å². The monoisotopic (exact) mass is 375 g/mol. The van der Waals surface area contributed by atoms with Crippen LogP contribution in [0.3, 0.4) is 0 Å². The van der Waals surface area contributed by atoms with Crippen molar-refractivity contribution in [2.24, 2.45) is 5.92 Å². The fraction of sp³-hybridized carbons (Fsp3) is 0.304. The minimum absolute atomic E-state index is 0.183. The lowest BCUT2D eigenvalue weighted by molar-refractivity contribution is 0.0943. The molecule has 5 nitrogen and oxygen atoms in total. The summed E-state index contributed by atoms with van der Waals surface area (Å²) < 4.78 is 5.25. The van der Waals surface area contributed by atoms with Gasteiger partial charge in [-0.1, -0.05) is 30.3 Å². The van der Waals surface area contributed by atoms with Gasteiger partial charge in [-0.3, -0.25) is 9.78 Å². The van der Waals surface area contributed by atoms with E-state index in [1.165, 1.54) is 5.56 Å². The van der Waals surface area contributed by atoms with Gasteiger partial charge in [0.2, 0.25) is 0 Å². The minimum atomic E-state index is -0.183. The zero-order valence-corrected chi connectivity index (χ0v) is 15.9. The van der Waals surface area contributed by atoms with Crippen molar-refractivity contribution in [2.45, 2.75) is 25.8 Å². The fourth-order valence-corrected chi connectivity index (χ4v) is 3.75. The Kier molecular flexibility index (Phi) is 5.71. The van der Waals surface area contributed by atoms with Gasteiger partial charge in [-0.25, -0.2) is 0 Å². The molecule has 3 aromatic rings. The minimum Gasteiger partial charge on any atom is -0.467 e. The highest BCUT2D eigenvalue weighted by atomic mass is 16.3. The number of rotatable bonds is 6. The Bertz CT molecular complexity index is 885. The van der Waals surface area contributed by atoms with Gasteiger partial charge in [-0.05, 0) is 55.0 Å². The number of nitrogens with one attached hydrogen (secondary N) is 1. The molecule has 1 aliphatic rings. The number of aromatic nitrogens is 1. The summed E-state index contributed by atoms with van der Waals surface area (Å²) in [6.07, 6.45) is 6.79. The number of anilines is 1. The zero-order valence-electron chi connectivity index (χ0n) is 15.9. The van der Waals surface area contributed by atoms with Crippen molar-refractivity contribution in [3.63, 3.8) is 0 Å². The summed E-state index contributed by atoms with van der Waals surface area (Å²) in [5.74, 6) is 1.26. The maximum Gasteiger partial charge on any atom is 0.270 e. The highest BCUT2D eigenvalue weighted by molar-refractivity contribution is 5.93. The van der Waals surface area contributed by atoms with Crippen molar-refractivity contribution in [3.05, 3.63) is 84.1 Å². The topological polar surface area (TPSA) is 58.4 Å². The number of amides is 1. The summed E-state index contributed by atoms with van der Waals surface area (Å²) in [7, 11) is 0. The molecule has 0 bridgehead atoms. The summed E-state index contributed by atoms with van der Waals surface area (Å²) in [5, 5.41) is 2.85. The van der Waals surface area contributed by atoms with Crippen LogP contribution in [-0.4, -0.2) is 24.0 Å². The van der Waals surface area contributed by atoms with Crippen LogP contribution in [0, 0.1) is 5.92 Å². The first-order valence-corrected chi connectivity index (χ1v) is 9.83. The van der Waals surface area contributed by atoms with Gasteiger partial charge >= 0.3 is 0 Å². The Labute approximate surface area is 165 Å². The summed E-state index contributed by atoms with van der Waals surface area (Å²) in [5.41, 5.74) is 2.92. The van der Waals surface area contributed by atoms with Crippen LogP contribution in [0.15, 0.2) is 71.5 Å². The van der Waals surface area contributed by atoms with Gasteiger partial charge in [-0.2, -0.15) is 0 Å². The predicted molar refractivity (Wildman–Crippen MR) is 109 cm³/mol. The lowest BCUT2D eigenvalue weighted by Gasteiger charge is -2.33. The molecule has 2 aromatic heterocycles. The molecule has 3 heterocycles. The highest BCUT2D eigenvalue weighted by Gasteiger charge is 2.20. The third-order valence-electron chi connectivity index (χ3n) is 5.33. The van der Waals surface area contributed by atoms with E-state index in [1.807, 2.05) is 24.3 Å². The Balaban J connectivity index is 1.32. The maximum absolute atomic E-state index is 12.4. The molecule has 28 heavy (non-hydrogen) atoms. The molecule has 1 N–H and O–H groups in total. The van der Waals surface area contributed by atoms with Crippen molar-refractivity contribution < 1.29 is 9.21 Å². The number of piperidine rings is 1. The van der Waals surface area contributed by atoms with Crippen LogP contribution in [-0.2, 0) is 13.0 Å². The number of carbonyl (C=O) groups excluding carboxylic acids is 1. The average Bonchev–Trinajstić information content (AvgIpc) is 3.27. The van der Waals surface area contributed by atoms with Gasteiger partial charge in [0.25, 0.3) is 5.91 Å². The number of benzene rings is 1. The van der Waals surface area contributed by atoms with E-state index in [0.29, 0.717) is 12.2 Å². The predicted octanol–water partition coefficient (Wildman–Crippen LogP) is 4.06. The molecule has 4 rings (SSSR count). The van der Waals surface area contributed by atoms with Crippen LogP contribution >= 0.6 is 0 Å². The molecule has 0 radical (unpaired) electrons. The fourth-order valence-electron chi connectivity index (χ4n) is 3.75. The first-order valence-electron chi connectivity index (χ1n) is 9.83. The number of furan rings is 1. The number of hydrogen-bond acceptors (Lipinski definition) is 4. The summed E-state index contributed by atoms with van der Waals surface area (Å²) in [6.45, 7) is 2.38. The lowest BCUT2D eigenvalue weighted by Crippen LogP contribution is -2.34. The van der Waals surface area contributed by atoms with Crippen molar-refractivity contribution in [1.29, 1.82) is 0 Å². The average molecular weight is 375 g/mol. The van der Waals surface area contributed by atoms with Crippen LogP contribution in [0.2, 0.25) is 0 Å². The van der Waals surface area contributed by atoms with Crippen molar-refractivity contribution in [3.8, 4) is 0 Å². The third kappa shape index (κ3) is 4.60. The standard InChI is InChI=1S/C23H25N3O2/c27-23(25-17-21-7-4-14-28-21)22-16-20(8-11-24-22)26-12-9-19(10-13-26)15-18-5-2-1-3-6-18/h1-8,11,14,16,19H,9-10,12-13,15,17H2,(H,25,27). The van der Waals surface area contributed by atoms with Crippen molar-refractivity contribution in [1.82, 2.24) is 10.3 Å². The molecular formula is C23H25N3O2. The van der Waals surface area contributed by atoms with Gasteiger partial charge in [0.05, 0.1) is 12.8 Å². The van der Waals surface area contributed by atoms with Gasteiger partial charge < -0.3 is 14.6 Å². The van der Waals surface area contributed by atoms with Gasteiger partial charge in [-0.15, -0.1) is 0 Å². The number of pyridine rings is 1. The summed E-state index contributed by atoms with van der Waals surface area (Å²) >= 11 is 0. The van der Waals surface area contributed by atoms with E-state index in [1.54, 1.807) is 12.5 Å². The summed E-state index contributed by atoms with van der Waals surface area (Å²) in [4.78, 5) is 19.0. The van der Waals surface area contributed by atoms with Crippen LogP contribution in [0.1, 0.15) is 34.7 Å². The molecule has 1 aromatic carbocycles. The molecule has 0 atom stereocenters. The van der Waals surface area contributed by atoms with E-state index < -0.39 is 0 Å². The van der Waals surface area contributed by atoms with E-state index in [-0.39, 0.29) is 5.91 Å². The van der Waals surface area contributed by atoms with E-state index in [2.05, 4.69) is 45.5 Å². The van der Waals surface area contributed by atoms with Crippen LogP contribution in [0.25, 0.3) is 0 Å². The Morgan fingerprint density at radius 2 is 1.93 bits per heavy atom. The van der Waals surface area contributed by atoms with Crippen LogP contribution < -0.4 is 10.2 Å². The first kappa shape index (κ1) is 18.3. The Morgan fingerprint density at radius 1 is 1.11 bits per heavy atom. The molecule has 1 aliphatic heterocycles. The molecule has 1 fully saturated rings. The highest BCUT2D eigenvalue weighted by Crippen LogP contribution is 2.26. The first-order chi connectivity index (χ1) is 13.8. The largest absolute Gasteiger partial charge is 0.467 e. The third-order valence-corrected chi connectivity index (χ3v) is 5.33. The molecule has 5 heteroatoms. The van der Waals surface area contributed by atoms with E-state index in [4.69, 9.17) is 4.42 Å². The molecule has 1 saturated heterocycles. The second-order valence-electron chi connectivity index (χ2n) is 7.28. The SMILES string of the molecule is O=C(NCc1ccco1)c1cc(N2CCC(Cc3ccccc3)CC2)ccn1. The lowest BCUT2D eigenvalue weighted by atomic mass is 9.90. The quantitative estimate of drug-likeness (QED) is 0.706. The van der Waals surface area contributed by atoms with Gasteiger partial charge in [0.15, 0.2) is 0 Å². The zero-order chi connectivity index (χ0) is 19.2. The Morgan fingerprint density at radius 3 is 2.68 bits per heavy atom. The molecule has 0 spiro atoms. The van der Waals surface area contributed by atoms with Gasteiger partial charge in [0, 0.05) is 25.0 Å². The van der Waals surface area contributed by atoms with E-state index >= 15 is 0 Å². The number of hydrogen-bond donors (Lipinski definition) is 1. The second-order valence-corrected chi connectivity index (χ2v) is 7.28. The Hall–Kier alpha value is -3.08.